The fourth-order valence-electron chi connectivity index (χ4n) is 3.11. The Morgan fingerprint density at radius 2 is 1.66 bits per heavy atom. The molecule has 29 heavy (non-hydrogen) atoms. The molecule has 0 radical (unpaired) electrons. The molecule has 154 valence electrons. The van der Waals surface area contributed by atoms with Gasteiger partial charge in [0, 0.05) is 5.41 Å². The largest absolute Gasteiger partial charge is 0.454 e. The lowest BCUT2D eigenvalue weighted by Gasteiger charge is -2.32. The van der Waals surface area contributed by atoms with Crippen LogP contribution in [0.25, 0.3) is 10.8 Å². The van der Waals surface area contributed by atoms with Crippen molar-refractivity contribution < 1.29 is 14.3 Å². The third-order valence-electron chi connectivity index (χ3n) is 5.09. The average Bonchev–Trinajstić information content (AvgIpc) is 2.70. The number of esters is 1. The predicted octanol–water partition coefficient (Wildman–Crippen LogP) is 6.77. The predicted molar refractivity (Wildman–Crippen MR) is 120 cm³/mol. The van der Waals surface area contributed by atoms with Gasteiger partial charge in [-0.15, -0.1) is 0 Å². The lowest BCUT2D eigenvalue weighted by molar-refractivity contribution is -0.195. The van der Waals surface area contributed by atoms with Gasteiger partial charge < -0.3 is 9.47 Å². The summed E-state index contributed by atoms with van der Waals surface area (Å²) in [6, 6.07) is 14.4. The molecule has 0 aliphatic carbocycles. The molecule has 0 aliphatic rings. The molecule has 0 aliphatic heterocycles. The first-order valence-electron chi connectivity index (χ1n) is 9.99. The van der Waals surface area contributed by atoms with Gasteiger partial charge in [0.2, 0.25) is 6.29 Å². The number of benzene rings is 2. The number of carbonyl (C=O) groups excluding carboxylic acids is 1. The lowest BCUT2D eigenvalue weighted by Crippen LogP contribution is -2.36. The summed E-state index contributed by atoms with van der Waals surface area (Å²) in [7, 11) is 0. The minimum absolute atomic E-state index is 0.00295. The topological polar surface area (TPSA) is 35.5 Å². The number of carbonyl (C=O) groups is 1. The summed E-state index contributed by atoms with van der Waals surface area (Å²) < 4.78 is 11.7. The number of allylic oxidation sites excluding steroid dienone is 3. The van der Waals surface area contributed by atoms with E-state index in [1.165, 1.54) is 5.39 Å². The molecule has 0 heterocycles. The zero-order chi connectivity index (χ0) is 21.6. The van der Waals surface area contributed by atoms with Crippen molar-refractivity contribution in [2.24, 2.45) is 11.3 Å². The van der Waals surface area contributed by atoms with Crippen LogP contribution in [0, 0.1) is 11.3 Å². The maximum Gasteiger partial charge on any atom is 0.312 e. The van der Waals surface area contributed by atoms with E-state index in [1.807, 2.05) is 45.9 Å². The van der Waals surface area contributed by atoms with Crippen LogP contribution in [-0.4, -0.2) is 12.3 Å². The molecular weight excluding hydrogens is 360 g/mol. The second-order valence-electron chi connectivity index (χ2n) is 8.41. The summed E-state index contributed by atoms with van der Waals surface area (Å²) in [5.41, 5.74) is 0.737. The standard InChI is InChI=1S/C26H32O3/c1-8-13-21(9-2)28-25(26(5,6)7)29-24(27)19(4)18(3)22-17-12-15-20-14-10-11-16-23(20)22/h8-19,25H,1-2H2,3-7H3/b21-13+. The van der Waals surface area contributed by atoms with Crippen LogP contribution in [0.15, 0.2) is 79.6 Å². The Bertz CT molecular complexity index is 896. The minimum Gasteiger partial charge on any atom is -0.454 e. The van der Waals surface area contributed by atoms with E-state index in [1.54, 1.807) is 18.2 Å². The average molecular weight is 393 g/mol. The third kappa shape index (κ3) is 5.60. The Hall–Kier alpha value is -2.81. The normalized spacial score (nSPS) is 15.3. The van der Waals surface area contributed by atoms with Crippen molar-refractivity contribution >= 4 is 16.7 Å². The van der Waals surface area contributed by atoms with E-state index in [0.29, 0.717) is 5.76 Å². The molecule has 3 atom stereocenters. The Morgan fingerprint density at radius 3 is 2.28 bits per heavy atom. The summed E-state index contributed by atoms with van der Waals surface area (Å²) in [6.07, 6.45) is 4.16. The molecule has 3 unspecified atom stereocenters. The highest BCUT2D eigenvalue weighted by Gasteiger charge is 2.34. The molecule has 0 saturated carbocycles. The minimum atomic E-state index is -0.735. The number of fused-ring (bicyclic) bond motifs is 1. The van der Waals surface area contributed by atoms with Crippen molar-refractivity contribution in [3.63, 3.8) is 0 Å². The molecular formula is C26H32O3. The van der Waals surface area contributed by atoms with Crippen LogP contribution in [-0.2, 0) is 14.3 Å². The first kappa shape index (κ1) is 22.5. The van der Waals surface area contributed by atoms with E-state index < -0.39 is 11.7 Å². The zero-order valence-electron chi connectivity index (χ0n) is 18.1. The monoisotopic (exact) mass is 392 g/mol. The molecule has 0 N–H and O–H groups in total. The van der Waals surface area contributed by atoms with Crippen LogP contribution in [0.1, 0.15) is 46.1 Å². The Balaban J connectivity index is 2.23. The molecule has 3 nitrogen and oxygen atoms in total. The summed E-state index contributed by atoms with van der Waals surface area (Å²) >= 11 is 0. The van der Waals surface area contributed by atoms with Gasteiger partial charge in [0.15, 0.2) is 0 Å². The number of ether oxygens (including phenoxy) is 2. The van der Waals surface area contributed by atoms with E-state index >= 15 is 0 Å². The van der Waals surface area contributed by atoms with Gasteiger partial charge in [0.1, 0.15) is 5.76 Å². The summed E-state index contributed by atoms with van der Waals surface area (Å²) in [5.74, 6) is -0.100. The van der Waals surface area contributed by atoms with Crippen LogP contribution in [0.4, 0.5) is 0 Å². The van der Waals surface area contributed by atoms with Crippen molar-refractivity contribution in [3.05, 3.63) is 85.2 Å². The highest BCUT2D eigenvalue weighted by atomic mass is 16.7. The molecule has 0 spiro atoms. The maximum atomic E-state index is 13.0. The van der Waals surface area contributed by atoms with Gasteiger partial charge in [-0.25, -0.2) is 0 Å². The van der Waals surface area contributed by atoms with Gasteiger partial charge in [-0.1, -0.05) is 96.3 Å². The van der Waals surface area contributed by atoms with E-state index in [0.717, 1.165) is 10.9 Å². The van der Waals surface area contributed by atoms with Crippen molar-refractivity contribution in [2.75, 3.05) is 0 Å². The van der Waals surface area contributed by atoms with Crippen LogP contribution < -0.4 is 0 Å². The second kappa shape index (κ2) is 9.60. The molecule has 2 aromatic rings. The van der Waals surface area contributed by atoms with E-state index in [9.17, 15) is 4.79 Å². The summed E-state index contributed by atoms with van der Waals surface area (Å²) in [6.45, 7) is 17.3. The fourth-order valence-corrected chi connectivity index (χ4v) is 3.11. The fraction of sp³-hybridized carbons (Fsp3) is 0.346. The SMILES string of the molecule is C=C/C=C(\C=C)OC(OC(=O)C(C)C(C)c1cccc2ccccc12)C(C)(C)C. The van der Waals surface area contributed by atoms with Crippen LogP contribution in [0.5, 0.6) is 0 Å². The molecule has 0 aromatic heterocycles. The third-order valence-corrected chi connectivity index (χ3v) is 5.09. The van der Waals surface area contributed by atoms with Gasteiger partial charge in [-0.3, -0.25) is 4.79 Å². The Kier molecular flexibility index (Phi) is 7.44. The van der Waals surface area contributed by atoms with Crippen LogP contribution >= 0.6 is 0 Å². The Labute approximate surface area is 174 Å². The first-order valence-corrected chi connectivity index (χ1v) is 9.99. The van der Waals surface area contributed by atoms with E-state index in [4.69, 9.17) is 9.47 Å². The van der Waals surface area contributed by atoms with E-state index in [2.05, 4.69) is 44.3 Å². The number of hydrogen-bond acceptors (Lipinski definition) is 3. The van der Waals surface area contributed by atoms with Crippen molar-refractivity contribution in [2.45, 2.75) is 46.8 Å². The smallest absolute Gasteiger partial charge is 0.312 e. The molecule has 0 amide bonds. The van der Waals surface area contributed by atoms with Gasteiger partial charge in [-0.05, 0) is 34.4 Å². The Morgan fingerprint density at radius 1 is 1.00 bits per heavy atom. The van der Waals surface area contributed by atoms with Gasteiger partial charge in [0.25, 0.3) is 0 Å². The van der Waals surface area contributed by atoms with Gasteiger partial charge in [-0.2, -0.15) is 0 Å². The second-order valence-corrected chi connectivity index (χ2v) is 8.41. The first-order chi connectivity index (χ1) is 13.7. The lowest BCUT2D eigenvalue weighted by atomic mass is 9.86. The summed E-state index contributed by atoms with van der Waals surface area (Å²) in [4.78, 5) is 13.0. The van der Waals surface area contributed by atoms with Gasteiger partial charge >= 0.3 is 5.97 Å². The summed E-state index contributed by atoms with van der Waals surface area (Å²) in [5, 5.41) is 2.33. The molecule has 0 fully saturated rings. The van der Waals surface area contributed by atoms with Crippen LogP contribution in [0.3, 0.4) is 0 Å². The van der Waals surface area contributed by atoms with Crippen molar-refractivity contribution in [1.82, 2.24) is 0 Å². The molecule has 0 bridgehead atoms. The highest BCUT2D eigenvalue weighted by molar-refractivity contribution is 5.87. The molecule has 0 saturated heterocycles. The van der Waals surface area contributed by atoms with Crippen molar-refractivity contribution in [3.8, 4) is 0 Å². The zero-order valence-corrected chi connectivity index (χ0v) is 18.1. The quantitative estimate of drug-likeness (QED) is 0.215. The van der Waals surface area contributed by atoms with Crippen molar-refractivity contribution in [1.29, 1.82) is 0 Å². The van der Waals surface area contributed by atoms with Crippen LogP contribution in [0.2, 0.25) is 0 Å². The number of rotatable bonds is 8. The maximum absolute atomic E-state index is 13.0. The number of hydrogen-bond donors (Lipinski definition) is 0. The highest BCUT2D eigenvalue weighted by Crippen LogP contribution is 2.33. The molecule has 3 heteroatoms. The van der Waals surface area contributed by atoms with E-state index in [-0.39, 0.29) is 17.8 Å². The van der Waals surface area contributed by atoms with Gasteiger partial charge in [0.05, 0.1) is 5.92 Å². The molecule has 2 rings (SSSR count). The molecule has 2 aromatic carbocycles.